The lowest BCUT2D eigenvalue weighted by Crippen LogP contribution is -2.34. The molecule has 0 saturated heterocycles. The second-order valence-corrected chi connectivity index (χ2v) is 6.81. The number of fused-ring (bicyclic) bond motifs is 1. The number of halogens is 1. The quantitative estimate of drug-likeness (QED) is 0.463. The number of amides is 1. The lowest BCUT2D eigenvalue weighted by molar-refractivity contribution is 0.0971. The number of carbonyl (C=O) groups is 1. The number of anilines is 1. The molecule has 1 aromatic carbocycles. The van der Waals surface area contributed by atoms with Crippen LogP contribution >= 0.6 is 34.8 Å². The van der Waals surface area contributed by atoms with Crippen LogP contribution in [0.25, 0.3) is 10.9 Å². The third kappa shape index (κ3) is 3.54. The topological polar surface area (TPSA) is 71.8 Å². The fourth-order valence-corrected chi connectivity index (χ4v) is 3.23. The van der Waals surface area contributed by atoms with Gasteiger partial charge in [0.15, 0.2) is 10.8 Å². The Bertz CT molecular complexity index is 953. The van der Waals surface area contributed by atoms with Gasteiger partial charge in [0.1, 0.15) is 0 Å². The first-order valence-electron chi connectivity index (χ1n) is 7.12. The van der Waals surface area contributed by atoms with E-state index < -0.39 is 0 Å². The van der Waals surface area contributed by atoms with Gasteiger partial charge in [-0.1, -0.05) is 18.2 Å². The summed E-state index contributed by atoms with van der Waals surface area (Å²) in [5, 5.41) is 11.0. The average Bonchev–Trinajstić information content (AvgIpc) is 2.86. The van der Waals surface area contributed by atoms with Gasteiger partial charge in [-0.3, -0.25) is 19.8 Å². The smallest absolute Gasteiger partial charge is 0.279 e. The molecule has 0 unspecified atom stereocenters. The standard InChI is InChI=1S/C16H14IN5OS/c1-9-6-7-10-4-3-5-12(13(10)18-9)19-16(24)20-15(23)14-11(17)8-22(2)21-14/h3-8H,1-2H3,(H2,19,20,23,24). The summed E-state index contributed by atoms with van der Waals surface area (Å²) in [6.45, 7) is 1.93. The molecule has 0 radical (unpaired) electrons. The van der Waals surface area contributed by atoms with Crippen molar-refractivity contribution in [2.24, 2.45) is 7.05 Å². The molecule has 3 aromatic rings. The molecule has 2 N–H and O–H groups in total. The number of pyridine rings is 1. The van der Waals surface area contributed by atoms with Crippen LogP contribution in [-0.4, -0.2) is 25.8 Å². The summed E-state index contributed by atoms with van der Waals surface area (Å²) < 4.78 is 2.35. The Kier molecular flexibility index (Phi) is 4.76. The first kappa shape index (κ1) is 16.8. The predicted molar refractivity (Wildman–Crippen MR) is 106 cm³/mol. The number of aryl methyl sites for hydroxylation is 2. The zero-order valence-electron chi connectivity index (χ0n) is 13.0. The van der Waals surface area contributed by atoms with Crippen molar-refractivity contribution in [3.63, 3.8) is 0 Å². The Morgan fingerprint density at radius 3 is 2.79 bits per heavy atom. The Hall–Kier alpha value is -2.07. The van der Waals surface area contributed by atoms with Gasteiger partial charge in [-0.2, -0.15) is 5.10 Å². The molecule has 2 heterocycles. The fourth-order valence-electron chi connectivity index (χ4n) is 2.27. The van der Waals surface area contributed by atoms with Gasteiger partial charge in [-0.25, -0.2) is 0 Å². The van der Waals surface area contributed by atoms with E-state index in [2.05, 4.69) is 43.3 Å². The molecule has 0 atom stereocenters. The highest BCUT2D eigenvalue weighted by Crippen LogP contribution is 2.21. The van der Waals surface area contributed by atoms with Crippen LogP contribution in [0.4, 0.5) is 5.69 Å². The minimum Gasteiger partial charge on any atom is -0.331 e. The zero-order chi connectivity index (χ0) is 17.3. The number of carbonyl (C=O) groups excluding carboxylic acids is 1. The van der Waals surface area contributed by atoms with Gasteiger partial charge in [-0.05, 0) is 53.9 Å². The SMILES string of the molecule is Cc1ccc2cccc(NC(=S)NC(=O)c3nn(C)cc3I)c2n1. The number of hydrogen-bond donors (Lipinski definition) is 2. The molecule has 0 bridgehead atoms. The number of para-hydroxylation sites is 1. The Morgan fingerprint density at radius 2 is 2.08 bits per heavy atom. The summed E-state index contributed by atoms with van der Waals surface area (Å²) in [7, 11) is 1.76. The molecule has 2 aromatic heterocycles. The summed E-state index contributed by atoms with van der Waals surface area (Å²) in [5.41, 5.74) is 2.81. The molecule has 24 heavy (non-hydrogen) atoms. The lowest BCUT2D eigenvalue weighted by Gasteiger charge is -2.11. The van der Waals surface area contributed by atoms with Crippen molar-refractivity contribution < 1.29 is 4.79 Å². The Labute approximate surface area is 157 Å². The van der Waals surface area contributed by atoms with E-state index >= 15 is 0 Å². The molecule has 0 aliphatic carbocycles. The second-order valence-electron chi connectivity index (χ2n) is 5.24. The molecule has 0 saturated carbocycles. The van der Waals surface area contributed by atoms with Crippen LogP contribution in [0, 0.1) is 10.5 Å². The van der Waals surface area contributed by atoms with Gasteiger partial charge < -0.3 is 5.32 Å². The van der Waals surface area contributed by atoms with Crippen LogP contribution in [0.3, 0.4) is 0 Å². The highest BCUT2D eigenvalue weighted by molar-refractivity contribution is 14.1. The molecule has 0 aliphatic rings. The monoisotopic (exact) mass is 451 g/mol. The van der Waals surface area contributed by atoms with Crippen LogP contribution in [0.2, 0.25) is 0 Å². The molecule has 0 fully saturated rings. The molecule has 8 heteroatoms. The van der Waals surface area contributed by atoms with E-state index in [9.17, 15) is 4.79 Å². The maximum Gasteiger partial charge on any atom is 0.279 e. The van der Waals surface area contributed by atoms with Crippen molar-refractivity contribution in [1.29, 1.82) is 0 Å². The van der Waals surface area contributed by atoms with Gasteiger partial charge >= 0.3 is 0 Å². The molecule has 1 amide bonds. The normalized spacial score (nSPS) is 10.6. The van der Waals surface area contributed by atoms with Crippen molar-refractivity contribution in [1.82, 2.24) is 20.1 Å². The van der Waals surface area contributed by atoms with E-state index in [4.69, 9.17) is 12.2 Å². The van der Waals surface area contributed by atoms with E-state index in [1.807, 2.05) is 37.3 Å². The van der Waals surface area contributed by atoms with Crippen molar-refractivity contribution in [3.8, 4) is 0 Å². The van der Waals surface area contributed by atoms with Crippen molar-refractivity contribution >= 4 is 62.4 Å². The van der Waals surface area contributed by atoms with Crippen LogP contribution in [-0.2, 0) is 7.05 Å². The maximum absolute atomic E-state index is 12.3. The number of aromatic nitrogens is 3. The average molecular weight is 451 g/mol. The van der Waals surface area contributed by atoms with Crippen molar-refractivity contribution in [2.45, 2.75) is 6.92 Å². The molecule has 0 spiro atoms. The first-order chi connectivity index (χ1) is 11.4. The zero-order valence-corrected chi connectivity index (χ0v) is 16.0. The van der Waals surface area contributed by atoms with E-state index in [1.54, 1.807) is 17.9 Å². The minimum absolute atomic E-state index is 0.206. The van der Waals surface area contributed by atoms with E-state index in [0.29, 0.717) is 5.69 Å². The van der Waals surface area contributed by atoms with E-state index in [0.717, 1.165) is 25.9 Å². The number of benzene rings is 1. The third-order valence-electron chi connectivity index (χ3n) is 3.33. The summed E-state index contributed by atoms with van der Waals surface area (Å²) >= 11 is 7.31. The molecule has 122 valence electrons. The highest BCUT2D eigenvalue weighted by Gasteiger charge is 2.16. The fraction of sp³-hybridized carbons (Fsp3) is 0.125. The van der Waals surface area contributed by atoms with Crippen molar-refractivity contribution in [2.75, 3.05) is 5.32 Å². The van der Waals surface area contributed by atoms with Gasteiger partial charge in [0.05, 0.1) is 14.8 Å². The summed E-state index contributed by atoms with van der Waals surface area (Å²) in [6.07, 6.45) is 1.77. The van der Waals surface area contributed by atoms with Gasteiger partial charge in [0, 0.05) is 24.3 Å². The van der Waals surface area contributed by atoms with E-state index in [1.165, 1.54) is 0 Å². The number of nitrogens with zero attached hydrogens (tertiary/aromatic N) is 3. The second kappa shape index (κ2) is 6.81. The number of nitrogens with one attached hydrogen (secondary N) is 2. The van der Waals surface area contributed by atoms with Gasteiger partial charge in [-0.15, -0.1) is 0 Å². The Morgan fingerprint density at radius 1 is 1.29 bits per heavy atom. The van der Waals surface area contributed by atoms with Crippen LogP contribution in [0.5, 0.6) is 0 Å². The maximum atomic E-state index is 12.3. The predicted octanol–water partition coefficient (Wildman–Crippen LogP) is 3.01. The summed E-state index contributed by atoms with van der Waals surface area (Å²) in [4.78, 5) is 16.8. The lowest BCUT2D eigenvalue weighted by atomic mass is 10.2. The van der Waals surface area contributed by atoms with Crippen LogP contribution in [0.15, 0.2) is 36.5 Å². The van der Waals surface area contributed by atoms with Crippen molar-refractivity contribution in [3.05, 3.63) is 51.5 Å². The minimum atomic E-state index is -0.345. The molecular weight excluding hydrogens is 437 g/mol. The van der Waals surface area contributed by atoms with E-state index in [-0.39, 0.29) is 11.0 Å². The third-order valence-corrected chi connectivity index (χ3v) is 4.33. The number of hydrogen-bond acceptors (Lipinski definition) is 4. The Balaban J connectivity index is 1.79. The summed E-state index contributed by atoms with van der Waals surface area (Å²) in [6, 6.07) is 9.71. The summed E-state index contributed by atoms with van der Waals surface area (Å²) in [5.74, 6) is -0.345. The van der Waals surface area contributed by atoms with Crippen LogP contribution < -0.4 is 10.6 Å². The van der Waals surface area contributed by atoms with Crippen LogP contribution in [0.1, 0.15) is 16.2 Å². The molecule has 0 aliphatic heterocycles. The largest absolute Gasteiger partial charge is 0.331 e. The molecule has 6 nitrogen and oxygen atoms in total. The molecular formula is C16H14IN5OS. The van der Waals surface area contributed by atoms with Gasteiger partial charge in [0.2, 0.25) is 0 Å². The highest BCUT2D eigenvalue weighted by atomic mass is 127. The first-order valence-corrected chi connectivity index (χ1v) is 8.60. The van der Waals surface area contributed by atoms with Gasteiger partial charge in [0.25, 0.3) is 5.91 Å². The molecule has 3 rings (SSSR count). The number of thiocarbonyl (C=S) groups is 1. The number of rotatable bonds is 2.